The third-order valence-corrected chi connectivity index (χ3v) is 3.08. The van der Waals surface area contributed by atoms with E-state index in [2.05, 4.69) is 15.3 Å². The molecule has 1 heterocycles. The molecule has 1 saturated carbocycles. The Morgan fingerprint density at radius 3 is 2.74 bits per heavy atom. The number of nitrogens with two attached hydrogens (primary N) is 1. The molecule has 0 aliphatic heterocycles. The van der Waals surface area contributed by atoms with E-state index in [0.29, 0.717) is 12.5 Å². The Bertz CT molecular complexity index is 458. The molecule has 1 fully saturated rings. The number of nitrogens with zero attached hydrogens (tertiary/aromatic N) is 3. The number of carbonyl (C=O) groups excluding carboxylic acids is 1. The number of amides is 1. The maximum absolute atomic E-state index is 11.1. The summed E-state index contributed by atoms with van der Waals surface area (Å²) < 4.78 is 0. The van der Waals surface area contributed by atoms with Gasteiger partial charge < -0.3 is 16.0 Å². The van der Waals surface area contributed by atoms with Crippen molar-refractivity contribution < 1.29 is 4.79 Å². The average molecular weight is 263 g/mol. The molecule has 1 aliphatic rings. The molecule has 0 unspecified atom stereocenters. The third kappa shape index (κ3) is 3.56. The molecular weight excluding hydrogens is 242 g/mol. The van der Waals surface area contributed by atoms with Gasteiger partial charge in [0.15, 0.2) is 0 Å². The fourth-order valence-corrected chi connectivity index (χ4v) is 1.95. The standard InChI is InChI=1S/C13H21N5O/c1-3-15-11-7-12(18(4-2)8-10(14)19)17-13(16-11)9-5-6-9/h7,9H,3-6,8H2,1-2H3,(H2,14,19)(H,15,16,17). The lowest BCUT2D eigenvalue weighted by atomic mass is 10.3. The SMILES string of the molecule is CCNc1cc(N(CC)CC(N)=O)nc(C2CC2)n1. The van der Waals surface area contributed by atoms with Crippen molar-refractivity contribution >= 4 is 17.5 Å². The van der Waals surface area contributed by atoms with Crippen molar-refractivity contribution in [2.24, 2.45) is 5.73 Å². The zero-order chi connectivity index (χ0) is 13.8. The first-order valence-electron chi connectivity index (χ1n) is 6.80. The number of aromatic nitrogens is 2. The molecule has 1 amide bonds. The summed E-state index contributed by atoms with van der Waals surface area (Å²) in [5.74, 6) is 2.59. The van der Waals surface area contributed by atoms with E-state index in [1.54, 1.807) is 0 Å². The number of rotatable bonds is 7. The topological polar surface area (TPSA) is 84.1 Å². The van der Waals surface area contributed by atoms with Crippen molar-refractivity contribution in [3.8, 4) is 0 Å². The van der Waals surface area contributed by atoms with Crippen molar-refractivity contribution in [2.75, 3.05) is 29.9 Å². The molecule has 0 saturated heterocycles. The van der Waals surface area contributed by atoms with Crippen LogP contribution in [0.2, 0.25) is 0 Å². The molecule has 0 bridgehead atoms. The van der Waals surface area contributed by atoms with Crippen LogP contribution in [0.1, 0.15) is 38.4 Å². The highest BCUT2D eigenvalue weighted by molar-refractivity contribution is 5.79. The first-order chi connectivity index (χ1) is 9.13. The van der Waals surface area contributed by atoms with Crippen LogP contribution >= 0.6 is 0 Å². The Balaban J connectivity index is 2.28. The summed E-state index contributed by atoms with van der Waals surface area (Å²) in [5, 5.41) is 3.21. The predicted molar refractivity (Wildman–Crippen MR) is 75.3 cm³/mol. The number of hydrogen-bond donors (Lipinski definition) is 2. The van der Waals surface area contributed by atoms with Gasteiger partial charge in [-0.1, -0.05) is 0 Å². The van der Waals surface area contributed by atoms with E-state index < -0.39 is 0 Å². The molecule has 1 aromatic heterocycles. The molecule has 19 heavy (non-hydrogen) atoms. The van der Waals surface area contributed by atoms with Crippen molar-refractivity contribution in [3.63, 3.8) is 0 Å². The van der Waals surface area contributed by atoms with Crippen LogP contribution in [0.3, 0.4) is 0 Å². The number of anilines is 2. The first-order valence-corrected chi connectivity index (χ1v) is 6.80. The number of hydrogen-bond acceptors (Lipinski definition) is 5. The summed E-state index contributed by atoms with van der Waals surface area (Å²) in [4.78, 5) is 22.1. The molecule has 1 aromatic rings. The molecule has 0 aromatic carbocycles. The van der Waals surface area contributed by atoms with Gasteiger partial charge in [0.25, 0.3) is 0 Å². The average Bonchev–Trinajstić information content (AvgIpc) is 3.20. The lowest BCUT2D eigenvalue weighted by molar-refractivity contribution is -0.116. The second kappa shape index (κ2) is 5.86. The van der Waals surface area contributed by atoms with E-state index in [4.69, 9.17) is 5.73 Å². The molecule has 104 valence electrons. The van der Waals surface area contributed by atoms with Crippen molar-refractivity contribution in [2.45, 2.75) is 32.6 Å². The molecule has 0 radical (unpaired) electrons. The maximum Gasteiger partial charge on any atom is 0.236 e. The number of likely N-dealkylation sites (N-methyl/N-ethyl adjacent to an activating group) is 1. The Labute approximate surface area is 113 Å². The lowest BCUT2D eigenvalue weighted by Crippen LogP contribution is -2.34. The van der Waals surface area contributed by atoms with Gasteiger partial charge in [0.05, 0.1) is 6.54 Å². The highest BCUT2D eigenvalue weighted by atomic mass is 16.1. The van der Waals surface area contributed by atoms with Crippen LogP contribution in [-0.4, -0.2) is 35.5 Å². The monoisotopic (exact) mass is 263 g/mol. The molecule has 1 aliphatic carbocycles. The maximum atomic E-state index is 11.1. The second-order valence-corrected chi connectivity index (χ2v) is 4.75. The molecule has 3 N–H and O–H groups in total. The van der Waals surface area contributed by atoms with Crippen molar-refractivity contribution in [1.82, 2.24) is 9.97 Å². The van der Waals surface area contributed by atoms with Crippen LogP contribution in [-0.2, 0) is 4.79 Å². The first kappa shape index (κ1) is 13.6. The Kier molecular flexibility index (Phi) is 4.19. The van der Waals surface area contributed by atoms with Gasteiger partial charge in [-0.2, -0.15) is 0 Å². The van der Waals surface area contributed by atoms with Crippen LogP contribution in [0, 0.1) is 0 Å². The second-order valence-electron chi connectivity index (χ2n) is 4.75. The molecule has 6 heteroatoms. The Hall–Kier alpha value is -1.85. The van der Waals surface area contributed by atoms with Gasteiger partial charge in [-0.15, -0.1) is 0 Å². The molecule has 6 nitrogen and oxygen atoms in total. The zero-order valence-corrected chi connectivity index (χ0v) is 11.5. The summed E-state index contributed by atoms with van der Waals surface area (Å²) in [7, 11) is 0. The van der Waals surface area contributed by atoms with E-state index in [-0.39, 0.29) is 12.5 Å². The van der Waals surface area contributed by atoms with Crippen LogP contribution in [0.25, 0.3) is 0 Å². The highest BCUT2D eigenvalue weighted by Gasteiger charge is 2.28. The van der Waals surface area contributed by atoms with Crippen LogP contribution in [0.5, 0.6) is 0 Å². The largest absolute Gasteiger partial charge is 0.370 e. The van der Waals surface area contributed by atoms with Gasteiger partial charge in [-0.25, -0.2) is 9.97 Å². The minimum absolute atomic E-state index is 0.184. The van der Waals surface area contributed by atoms with Crippen LogP contribution < -0.4 is 16.0 Å². The van der Waals surface area contributed by atoms with Gasteiger partial charge in [-0.3, -0.25) is 4.79 Å². The van der Waals surface area contributed by atoms with E-state index >= 15 is 0 Å². The Morgan fingerprint density at radius 2 is 2.21 bits per heavy atom. The van der Waals surface area contributed by atoms with Gasteiger partial charge in [0, 0.05) is 25.1 Å². The summed E-state index contributed by atoms with van der Waals surface area (Å²) in [6.07, 6.45) is 2.30. The fourth-order valence-electron chi connectivity index (χ4n) is 1.95. The van der Waals surface area contributed by atoms with E-state index in [1.165, 1.54) is 0 Å². The van der Waals surface area contributed by atoms with Crippen molar-refractivity contribution in [1.29, 1.82) is 0 Å². The predicted octanol–water partition coefficient (Wildman–Crippen LogP) is 1.10. The summed E-state index contributed by atoms with van der Waals surface area (Å²) >= 11 is 0. The van der Waals surface area contributed by atoms with E-state index in [9.17, 15) is 4.79 Å². The van der Waals surface area contributed by atoms with Crippen LogP contribution in [0.4, 0.5) is 11.6 Å². The summed E-state index contributed by atoms with van der Waals surface area (Å²) in [6.45, 7) is 5.69. The van der Waals surface area contributed by atoms with Gasteiger partial charge in [0.1, 0.15) is 17.5 Å². The van der Waals surface area contributed by atoms with E-state index in [1.807, 2.05) is 24.8 Å². The van der Waals surface area contributed by atoms with Gasteiger partial charge in [0.2, 0.25) is 5.91 Å². The van der Waals surface area contributed by atoms with E-state index in [0.717, 1.165) is 36.8 Å². The molecule has 0 atom stereocenters. The highest BCUT2D eigenvalue weighted by Crippen LogP contribution is 2.39. The van der Waals surface area contributed by atoms with Crippen molar-refractivity contribution in [3.05, 3.63) is 11.9 Å². The lowest BCUT2D eigenvalue weighted by Gasteiger charge is -2.21. The summed E-state index contributed by atoms with van der Waals surface area (Å²) in [6, 6.07) is 1.88. The molecule has 0 spiro atoms. The van der Waals surface area contributed by atoms with Gasteiger partial charge in [-0.05, 0) is 26.7 Å². The Morgan fingerprint density at radius 1 is 1.47 bits per heavy atom. The van der Waals surface area contributed by atoms with Crippen LogP contribution in [0.15, 0.2) is 6.07 Å². The van der Waals surface area contributed by atoms with Gasteiger partial charge >= 0.3 is 0 Å². The molecular formula is C13H21N5O. The summed E-state index contributed by atoms with van der Waals surface area (Å²) in [5.41, 5.74) is 5.27. The minimum atomic E-state index is -0.349. The smallest absolute Gasteiger partial charge is 0.236 e. The minimum Gasteiger partial charge on any atom is -0.370 e. The number of carbonyl (C=O) groups is 1. The number of primary amides is 1. The fraction of sp³-hybridized carbons (Fsp3) is 0.615. The normalized spacial score (nSPS) is 14.2. The quantitative estimate of drug-likeness (QED) is 0.769. The zero-order valence-electron chi connectivity index (χ0n) is 11.5. The third-order valence-electron chi connectivity index (χ3n) is 3.08. The number of nitrogens with one attached hydrogen (secondary N) is 1. The molecule has 2 rings (SSSR count).